The SMILES string of the molecule is CC(CC(=O)c1cccc(C(F)(F)F)c1)C(C(=O)O)C(=O)O. The molecule has 0 saturated carbocycles. The summed E-state index contributed by atoms with van der Waals surface area (Å²) in [7, 11) is 0. The number of carbonyl (C=O) groups is 3. The maximum atomic E-state index is 12.6. The summed E-state index contributed by atoms with van der Waals surface area (Å²) in [6.07, 6.45) is -5.09. The lowest BCUT2D eigenvalue weighted by molar-refractivity contribution is -0.156. The van der Waals surface area contributed by atoms with Crippen LogP contribution in [0.15, 0.2) is 24.3 Å². The molecule has 0 radical (unpaired) electrons. The molecule has 8 heteroatoms. The van der Waals surface area contributed by atoms with Gasteiger partial charge in [0.1, 0.15) is 0 Å². The van der Waals surface area contributed by atoms with E-state index < -0.39 is 47.7 Å². The lowest BCUT2D eigenvalue weighted by atomic mass is 9.88. The van der Waals surface area contributed by atoms with Crippen LogP contribution >= 0.6 is 0 Å². The summed E-state index contributed by atoms with van der Waals surface area (Å²) in [6.45, 7) is 1.25. The van der Waals surface area contributed by atoms with E-state index >= 15 is 0 Å². The Morgan fingerprint density at radius 3 is 2.14 bits per heavy atom. The summed E-state index contributed by atoms with van der Waals surface area (Å²) >= 11 is 0. The van der Waals surface area contributed by atoms with Gasteiger partial charge in [-0.1, -0.05) is 19.1 Å². The quantitative estimate of drug-likeness (QED) is 0.621. The summed E-state index contributed by atoms with van der Waals surface area (Å²) in [5.41, 5.74) is -1.24. The normalized spacial score (nSPS) is 13.0. The number of halogens is 3. The van der Waals surface area contributed by atoms with Crippen LogP contribution in [0, 0.1) is 11.8 Å². The molecule has 120 valence electrons. The van der Waals surface area contributed by atoms with E-state index in [1.165, 1.54) is 13.0 Å². The molecule has 22 heavy (non-hydrogen) atoms. The first kappa shape index (κ1) is 17.7. The van der Waals surface area contributed by atoms with Gasteiger partial charge in [0, 0.05) is 12.0 Å². The topological polar surface area (TPSA) is 91.7 Å². The number of aliphatic carboxylic acids is 2. The molecule has 0 fully saturated rings. The molecule has 0 bridgehead atoms. The molecule has 2 N–H and O–H groups in total. The molecule has 0 amide bonds. The first-order chi connectivity index (χ1) is 10.0. The smallest absolute Gasteiger partial charge is 0.416 e. The highest BCUT2D eigenvalue weighted by atomic mass is 19.4. The Bertz CT molecular complexity index is 580. The second-order valence-electron chi connectivity index (χ2n) is 4.84. The zero-order valence-corrected chi connectivity index (χ0v) is 11.4. The first-order valence-corrected chi connectivity index (χ1v) is 6.20. The van der Waals surface area contributed by atoms with Crippen molar-refractivity contribution in [2.75, 3.05) is 0 Å². The predicted octanol–water partition coefficient (Wildman–Crippen LogP) is 2.70. The van der Waals surface area contributed by atoms with Gasteiger partial charge in [-0.25, -0.2) is 0 Å². The number of hydrogen-bond donors (Lipinski definition) is 2. The van der Waals surface area contributed by atoms with Gasteiger partial charge < -0.3 is 10.2 Å². The molecule has 1 aromatic carbocycles. The number of carboxylic acid groups (broad SMARTS) is 2. The molecule has 0 spiro atoms. The van der Waals surface area contributed by atoms with Crippen LogP contribution in [0.1, 0.15) is 29.3 Å². The van der Waals surface area contributed by atoms with Gasteiger partial charge in [-0.2, -0.15) is 13.2 Å². The van der Waals surface area contributed by atoms with Crippen LogP contribution in [0.25, 0.3) is 0 Å². The number of alkyl halides is 3. The van der Waals surface area contributed by atoms with Crippen molar-refractivity contribution in [3.8, 4) is 0 Å². The number of carboxylic acids is 2. The molecule has 0 aromatic heterocycles. The fourth-order valence-electron chi connectivity index (χ4n) is 1.99. The number of rotatable bonds is 6. The average Bonchev–Trinajstić information content (AvgIpc) is 2.36. The summed E-state index contributed by atoms with van der Waals surface area (Å²) in [5, 5.41) is 17.6. The Hall–Kier alpha value is -2.38. The highest BCUT2D eigenvalue weighted by molar-refractivity contribution is 5.98. The van der Waals surface area contributed by atoms with Gasteiger partial charge in [0.05, 0.1) is 5.56 Å². The molecule has 1 atom stereocenters. The van der Waals surface area contributed by atoms with E-state index in [0.717, 1.165) is 12.1 Å². The Labute approximate surface area is 123 Å². The maximum absolute atomic E-state index is 12.6. The molecule has 1 aromatic rings. The molecule has 5 nitrogen and oxygen atoms in total. The monoisotopic (exact) mass is 318 g/mol. The third-order valence-electron chi connectivity index (χ3n) is 3.12. The molecule has 0 saturated heterocycles. The summed E-state index contributed by atoms with van der Waals surface area (Å²) in [5.74, 6) is -6.80. The minimum absolute atomic E-state index is 0.240. The van der Waals surface area contributed by atoms with Crippen LogP contribution < -0.4 is 0 Å². The van der Waals surface area contributed by atoms with Crippen LogP contribution in [0.2, 0.25) is 0 Å². The van der Waals surface area contributed by atoms with Gasteiger partial charge in [-0.05, 0) is 18.1 Å². The zero-order valence-electron chi connectivity index (χ0n) is 11.4. The van der Waals surface area contributed by atoms with Crippen molar-refractivity contribution in [1.82, 2.24) is 0 Å². The molecule has 0 aliphatic heterocycles. The van der Waals surface area contributed by atoms with Gasteiger partial charge in [-0.3, -0.25) is 14.4 Å². The van der Waals surface area contributed by atoms with Crippen molar-refractivity contribution in [3.63, 3.8) is 0 Å². The summed E-state index contributed by atoms with van der Waals surface area (Å²) in [4.78, 5) is 33.6. The van der Waals surface area contributed by atoms with Crippen LogP contribution in [-0.4, -0.2) is 27.9 Å². The van der Waals surface area contributed by atoms with Gasteiger partial charge in [0.25, 0.3) is 0 Å². The van der Waals surface area contributed by atoms with Crippen molar-refractivity contribution in [2.45, 2.75) is 19.5 Å². The number of hydrogen-bond acceptors (Lipinski definition) is 3. The number of benzene rings is 1. The minimum Gasteiger partial charge on any atom is -0.481 e. The molecule has 0 aliphatic rings. The molecule has 1 unspecified atom stereocenters. The molecular weight excluding hydrogens is 305 g/mol. The number of Topliss-reactive ketones (excluding diaryl/α,β-unsaturated/α-hetero) is 1. The number of carbonyl (C=O) groups excluding carboxylic acids is 1. The highest BCUT2D eigenvalue weighted by Crippen LogP contribution is 2.30. The second kappa shape index (κ2) is 6.59. The van der Waals surface area contributed by atoms with Crippen LogP contribution in [0.3, 0.4) is 0 Å². The fraction of sp³-hybridized carbons (Fsp3) is 0.357. The fourth-order valence-corrected chi connectivity index (χ4v) is 1.99. The average molecular weight is 318 g/mol. The van der Waals surface area contributed by atoms with E-state index in [4.69, 9.17) is 10.2 Å². The van der Waals surface area contributed by atoms with Gasteiger partial charge in [0.2, 0.25) is 0 Å². The lowest BCUT2D eigenvalue weighted by Crippen LogP contribution is -2.31. The van der Waals surface area contributed by atoms with Crippen molar-refractivity contribution in [1.29, 1.82) is 0 Å². The minimum atomic E-state index is -4.60. The molecular formula is C14H13F3O5. The Kier molecular flexibility index (Phi) is 5.29. The standard InChI is InChI=1S/C14H13F3O5/c1-7(11(12(19)20)13(21)22)5-10(18)8-3-2-4-9(6-8)14(15,16)17/h2-4,6-7,11H,5H2,1H3,(H,19,20)(H,21,22). The van der Waals surface area contributed by atoms with Crippen LogP contribution in [-0.2, 0) is 15.8 Å². The van der Waals surface area contributed by atoms with Crippen molar-refractivity contribution >= 4 is 17.7 Å². The van der Waals surface area contributed by atoms with Gasteiger partial charge >= 0.3 is 18.1 Å². The van der Waals surface area contributed by atoms with Crippen molar-refractivity contribution in [2.24, 2.45) is 11.8 Å². The Balaban J connectivity index is 2.94. The van der Waals surface area contributed by atoms with E-state index in [-0.39, 0.29) is 5.56 Å². The van der Waals surface area contributed by atoms with Gasteiger partial charge in [0.15, 0.2) is 11.7 Å². The van der Waals surface area contributed by atoms with E-state index in [2.05, 4.69) is 0 Å². The lowest BCUT2D eigenvalue weighted by Gasteiger charge is -2.15. The number of ketones is 1. The van der Waals surface area contributed by atoms with Crippen molar-refractivity contribution < 1.29 is 37.8 Å². The highest BCUT2D eigenvalue weighted by Gasteiger charge is 2.34. The molecule has 0 heterocycles. The summed E-state index contributed by atoms with van der Waals surface area (Å²) < 4.78 is 37.7. The largest absolute Gasteiger partial charge is 0.481 e. The zero-order chi connectivity index (χ0) is 17.1. The van der Waals surface area contributed by atoms with E-state index in [0.29, 0.717) is 6.07 Å². The van der Waals surface area contributed by atoms with E-state index in [1.54, 1.807) is 0 Å². The summed E-state index contributed by atoms with van der Waals surface area (Å²) in [6, 6.07) is 3.69. The molecule has 1 rings (SSSR count). The van der Waals surface area contributed by atoms with Gasteiger partial charge in [-0.15, -0.1) is 0 Å². The third-order valence-corrected chi connectivity index (χ3v) is 3.12. The van der Waals surface area contributed by atoms with Crippen LogP contribution in [0.4, 0.5) is 13.2 Å². The third kappa shape index (κ3) is 4.31. The Morgan fingerprint density at radius 2 is 1.68 bits per heavy atom. The second-order valence-corrected chi connectivity index (χ2v) is 4.84. The van der Waals surface area contributed by atoms with Crippen LogP contribution in [0.5, 0.6) is 0 Å². The van der Waals surface area contributed by atoms with Crippen molar-refractivity contribution in [3.05, 3.63) is 35.4 Å². The first-order valence-electron chi connectivity index (χ1n) is 6.20. The predicted molar refractivity (Wildman–Crippen MR) is 68.3 cm³/mol. The van der Waals surface area contributed by atoms with E-state index in [1.807, 2.05) is 0 Å². The Morgan fingerprint density at radius 1 is 1.14 bits per heavy atom. The maximum Gasteiger partial charge on any atom is 0.416 e. The van der Waals surface area contributed by atoms with E-state index in [9.17, 15) is 27.6 Å². The molecule has 0 aliphatic carbocycles.